The zero-order chi connectivity index (χ0) is 13.2. The average molecular weight is 254 g/mol. The summed E-state index contributed by atoms with van der Waals surface area (Å²) >= 11 is 0. The van der Waals surface area contributed by atoms with Gasteiger partial charge >= 0.3 is 6.09 Å². The van der Waals surface area contributed by atoms with Gasteiger partial charge in [0.2, 0.25) is 0 Å². The standard InChI is InChI=1S/C14H26N2O2/c1-13(2,3)18-12(17)16-10-9-15-14(11-16)7-5-4-6-8-14/h15H,4-11H2,1-3H3. The number of carbonyl (C=O) groups excluding carboxylic acids is 1. The minimum absolute atomic E-state index is 0.158. The van der Waals surface area contributed by atoms with Gasteiger partial charge in [-0.3, -0.25) is 0 Å². The minimum atomic E-state index is -0.401. The number of nitrogens with one attached hydrogen (secondary N) is 1. The average Bonchev–Trinajstić information content (AvgIpc) is 2.28. The topological polar surface area (TPSA) is 41.6 Å². The molecule has 0 radical (unpaired) electrons. The first-order chi connectivity index (χ1) is 8.40. The van der Waals surface area contributed by atoms with Crippen molar-refractivity contribution in [3.8, 4) is 0 Å². The van der Waals surface area contributed by atoms with Gasteiger partial charge in [0.25, 0.3) is 0 Å². The molecular formula is C14H26N2O2. The molecule has 1 saturated carbocycles. The summed E-state index contributed by atoms with van der Waals surface area (Å²) in [5.74, 6) is 0. The molecule has 1 aliphatic heterocycles. The minimum Gasteiger partial charge on any atom is -0.444 e. The Kier molecular flexibility index (Phi) is 3.85. The van der Waals surface area contributed by atoms with Gasteiger partial charge in [-0.2, -0.15) is 0 Å². The van der Waals surface area contributed by atoms with Gasteiger partial charge in [-0.05, 0) is 33.6 Å². The fraction of sp³-hybridized carbons (Fsp3) is 0.929. The van der Waals surface area contributed by atoms with Crippen molar-refractivity contribution in [2.24, 2.45) is 0 Å². The molecule has 1 heterocycles. The zero-order valence-corrected chi connectivity index (χ0v) is 11.9. The van der Waals surface area contributed by atoms with Crippen molar-refractivity contribution in [1.82, 2.24) is 10.2 Å². The Hall–Kier alpha value is -0.770. The van der Waals surface area contributed by atoms with Gasteiger partial charge in [-0.1, -0.05) is 19.3 Å². The first-order valence-electron chi connectivity index (χ1n) is 7.13. The van der Waals surface area contributed by atoms with Gasteiger partial charge in [0.05, 0.1) is 0 Å². The van der Waals surface area contributed by atoms with E-state index in [2.05, 4.69) is 5.32 Å². The summed E-state index contributed by atoms with van der Waals surface area (Å²) in [5, 5.41) is 3.63. The molecule has 0 unspecified atom stereocenters. The number of hydrogen-bond donors (Lipinski definition) is 1. The summed E-state index contributed by atoms with van der Waals surface area (Å²) in [6.07, 6.45) is 6.09. The molecule has 0 bridgehead atoms. The van der Waals surface area contributed by atoms with Crippen LogP contribution in [0.15, 0.2) is 0 Å². The highest BCUT2D eigenvalue weighted by atomic mass is 16.6. The number of piperazine rings is 1. The smallest absolute Gasteiger partial charge is 0.410 e. The summed E-state index contributed by atoms with van der Waals surface area (Å²) in [6, 6.07) is 0. The van der Waals surface area contributed by atoms with Crippen molar-refractivity contribution < 1.29 is 9.53 Å². The molecule has 2 aliphatic rings. The van der Waals surface area contributed by atoms with Crippen LogP contribution in [0.4, 0.5) is 4.79 Å². The third-order valence-electron chi connectivity index (χ3n) is 3.84. The van der Waals surface area contributed by atoms with Gasteiger partial charge in [0.1, 0.15) is 5.60 Å². The molecular weight excluding hydrogens is 228 g/mol. The highest BCUT2D eigenvalue weighted by Gasteiger charge is 2.38. The predicted molar refractivity (Wildman–Crippen MR) is 71.6 cm³/mol. The van der Waals surface area contributed by atoms with E-state index in [1.807, 2.05) is 25.7 Å². The first-order valence-corrected chi connectivity index (χ1v) is 7.13. The van der Waals surface area contributed by atoms with Gasteiger partial charge in [0, 0.05) is 25.2 Å². The van der Waals surface area contributed by atoms with Crippen LogP contribution in [0.1, 0.15) is 52.9 Å². The number of carbonyl (C=O) groups is 1. The lowest BCUT2D eigenvalue weighted by Crippen LogP contribution is -2.62. The van der Waals surface area contributed by atoms with Crippen molar-refractivity contribution in [2.75, 3.05) is 19.6 Å². The van der Waals surface area contributed by atoms with Crippen LogP contribution in [0.3, 0.4) is 0 Å². The number of ether oxygens (including phenoxy) is 1. The van der Waals surface area contributed by atoms with E-state index in [-0.39, 0.29) is 11.6 Å². The van der Waals surface area contributed by atoms with E-state index in [4.69, 9.17) is 4.74 Å². The van der Waals surface area contributed by atoms with E-state index in [0.717, 1.165) is 19.6 Å². The molecule has 0 aromatic heterocycles. The highest BCUT2D eigenvalue weighted by molar-refractivity contribution is 5.68. The summed E-state index contributed by atoms with van der Waals surface area (Å²) in [7, 11) is 0. The van der Waals surface area contributed by atoms with Crippen LogP contribution < -0.4 is 5.32 Å². The fourth-order valence-electron chi connectivity index (χ4n) is 3.00. The fourth-order valence-corrected chi connectivity index (χ4v) is 3.00. The van der Waals surface area contributed by atoms with Gasteiger partial charge in [-0.25, -0.2) is 4.79 Å². The van der Waals surface area contributed by atoms with Crippen LogP contribution in [0.25, 0.3) is 0 Å². The molecule has 1 N–H and O–H groups in total. The Morgan fingerprint density at radius 2 is 1.89 bits per heavy atom. The van der Waals surface area contributed by atoms with E-state index < -0.39 is 5.60 Å². The molecule has 18 heavy (non-hydrogen) atoms. The monoisotopic (exact) mass is 254 g/mol. The largest absolute Gasteiger partial charge is 0.444 e. The maximum atomic E-state index is 12.1. The van der Waals surface area contributed by atoms with Crippen molar-refractivity contribution in [3.05, 3.63) is 0 Å². The molecule has 104 valence electrons. The molecule has 2 rings (SSSR count). The Labute approximate surface area is 110 Å². The first kappa shape index (κ1) is 13.7. The van der Waals surface area contributed by atoms with Crippen molar-refractivity contribution in [3.63, 3.8) is 0 Å². The van der Waals surface area contributed by atoms with Gasteiger partial charge < -0.3 is 15.0 Å². The molecule has 2 fully saturated rings. The third-order valence-corrected chi connectivity index (χ3v) is 3.84. The summed E-state index contributed by atoms with van der Waals surface area (Å²) < 4.78 is 5.47. The van der Waals surface area contributed by atoms with E-state index in [1.54, 1.807) is 0 Å². The Morgan fingerprint density at radius 3 is 2.50 bits per heavy atom. The maximum Gasteiger partial charge on any atom is 0.410 e. The number of rotatable bonds is 0. The second-order valence-corrected chi connectivity index (χ2v) is 6.67. The van der Waals surface area contributed by atoms with Crippen molar-refractivity contribution in [1.29, 1.82) is 0 Å². The summed E-state index contributed by atoms with van der Waals surface area (Å²) in [4.78, 5) is 14.0. The van der Waals surface area contributed by atoms with E-state index in [1.165, 1.54) is 32.1 Å². The molecule has 0 atom stereocenters. The maximum absolute atomic E-state index is 12.1. The lowest BCUT2D eigenvalue weighted by atomic mass is 9.80. The Morgan fingerprint density at radius 1 is 1.22 bits per heavy atom. The van der Waals surface area contributed by atoms with Crippen LogP contribution in [0.2, 0.25) is 0 Å². The van der Waals surface area contributed by atoms with Crippen LogP contribution in [-0.4, -0.2) is 41.8 Å². The van der Waals surface area contributed by atoms with Crippen LogP contribution in [0.5, 0.6) is 0 Å². The van der Waals surface area contributed by atoms with Gasteiger partial charge in [0.15, 0.2) is 0 Å². The number of amides is 1. The lowest BCUT2D eigenvalue weighted by Gasteiger charge is -2.46. The Bertz CT molecular complexity index is 298. The molecule has 1 saturated heterocycles. The SMILES string of the molecule is CC(C)(C)OC(=O)N1CCNC2(CCCCC2)C1. The molecule has 1 aliphatic carbocycles. The molecule has 0 aromatic rings. The normalized spacial score (nSPS) is 24.1. The molecule has 0 aromatic carbocycles. The number of nitrogens with zero attached hydrogens (tertiary/aromatic N) is 1. The third kappa shape index (κ3) is 3.37. The van der Waals surface area contributed by atoms with Crippen LogP contribution in [0, 0.1) is 0 Å². The van der Waals surface area contributed by atoms with E-state index in [9.17, 15) is 4.79 Å². The second-order valence-electron chi connectivity index (χ2n) is 6.67. The van der Waals surface area contributed by atoms with Crippen molar-refractivity contribution >= 4 is 6.09 Å². The number of hydrogen-bond acceptors (Lipinski definition) is 3. The van der Waals surface area contributed by atoms with Crippen LogP contribution in [-0.2, 0) is 4.74 Å². The molecule has 4 heteroatoms. The quantitative estimate of drug-likeness (QED) is 0.722. The Balaban J connectivity index is 1.95. The van der Waals surface area contributed by atoms with Gasteiger partial charge in [-0.15, -0.1) is 0 Å². The summed E-state index contributed by atoms with van der Waals surface area (Å²) in [6.45, 7) is 8.22. The lowest BCUT2D eigenvalue weighted by molar-refractivity contribution is 0.00835. The van der Waals surface area contributed by atoms with E-state index in [0.29, 0.717) is 0 Å². The van der Waals surface area contributed by atoms with Crippen molar-refractivity contribution in [2.45, 2.75) is 64.0 Å². The second kappa shape index (κ2) is 5.08. The predicted octanol–water partition coefficient (Wildman–Crippen LogP) is 2.53. The van der Waals surface area contributed by atoms with Crippen LogP contribution >= 0.6 is 0 Å². The van der Waals surface area contributed by atoms with E-state index >= 15 is 0 Å². The molecule has 1 spiro atoms. The zero-order valence-electron chi connectivity index (χ0n) is 11.9. The molecule has 4 nitrogen and oxygen atoms in total. The summed E-state index contributed by atoms with van der Waals surface area (Å²) in [5.41, 5.74) is -0.241. The highest BCUT2D eigenvalue weighted by Crippen LogP contribution is 2.30. The molecule has 1 amide bonds.